The summed E-state index contributed by atoms with van der Waals surface area (Å²) in [5, 5.41) is 6.97. The molecule has 4 aromatic rings. The van der Waals surface area contributed by atoms with E-state index >= 15 is 0 Å². The Balaban J connectivity index is 1.88. The van der Waals surface area contributed by atoms with Crippen LogP contribution in [0.15, 0.2) is 115 Å². The summed E-state index contributed by atoms with van der Waals surface area (Å²) in [7, 11) is -1.91. The largest absolute Gasteiger partial charge is 0.326 e. The van der Waals surface area contributed by atoms with Gasteiger partial charge in [-0.3, -0.25) is 4.79 Å². The molecule has 1 amide bonds. The Hall–Kier alpha value is -3.22. The maximum atomic E-state index is 11.4. The van der Waals surface area contributed by atoms with Crippen LogP contribution in [0.4, 0.5) is 5.69 Å². The highest BCUT2D eigenvalue weighted by Crippen LogP contribution is 2.58. The number of benzene rings is 4. The zero-order valence-corrected chi connectivity index (χ0v) is 17.9. The number of amides is 1. The Morgan fingerprint density at radius 1 is 0.633 bits per heavy atom. The zero-order chi connectivity index (χ0) is 20.8. The van der Waals surface area contributed by atoms with Gasteiger partial charge in [0.1, 0.15) is 23.2 Å². The summed E-state index contributed by atoms with van der Waals surface area (Å²) < 4.78 is 0. The minimum absolute atomic E-state index is 0.0533. The van der Waals surface area contributed by atoms with Crippen molar-refractivity contribution in [2.75, 3.05) is 5.32 Å². The number of nitrogens with one attached hydrogen (secondary N) is 1. The van der Waals surface area contributed by atoms with Gasteiger partial charge in [0.05, 0.1) is 6.16 Å². The highest BCUT2D eigenvalue weighted by atomic mass is 31.2. The first-order valence-corrected chi connectivity index (χ1v) is 12.1. The van der Waals surface area contributed by atoms with Crippen LogP contribution in [0.3, 0.4) is 0 Å². The van der Waals surface area contributed by atoms with Crippen molar-refractivity contribution in [2.45, 2.75) is 13.1 Å². The molecule has 0 atom stereocenters. The monoisotopic (exact) mass is 410 g/mol. The molecule has 0 saturated carbocycles. The van der Waals surface area contributed by atoms with E-state index in [-0.39, 0.29) is 5.91 Å². The van der Waals surface area contributed by atoms with Crippen molar-refractivity contribution in [1.29, 1.82) is 0 Å². The number of anilines is 1. The van der Waals surface area contributed by atoms with Crippen LogP contribution in [-0.4, -0.2) is 5.91 Å². The van der Waals surface area contributed by atoms with Gasteiger partial charge in [0.25, 0.3) is 0 Å². The van der Waals surface area contributed by atoms with Gasteiger partial charge in [0.15, 0.2) is 0 Å². The molecular formula is C27H25NOP+. The highest BCUT2D eigenvalue weighted by Gasteiger charge is 2.45. The number of hydrogen-bond donors (Lipinski definition) is 1. The molecule has 0 aliphatic carbocycles. The Labute approximate surface area is 178 Å². The Morgan fingerprint density at radius 2 is 1.03 bits per heavy atom. The van der Waals surface area contributed by atoms with Gasteiger partial charge in [0, 0.05) is 12.6 Å². The maximum absolute atomic E-state index is 11.4. The lowest BCUT2D eigenvalue weighted by Gasteiger charge is -2.28. The molecule has 0 aliphatic heterocycles. The molecule has 0 aromatic heterocycles. The van der Waals surface area contributed by atoms with Gasteiger partial charge in [-0.2, -0.15) is 0 Å². The molecule has 4 rings (SSSR count). The smallest absolute Gasteiger partial charge is 0.221 e. The summed E-state index contributed by atoms with van der Waals surface area (Å²) in [5.41, 5.74) is 2.09. The molecule has 2 nitrogen and oxygen atoms in total. The summed E-state index contributed by atoms with van der Waals surface area (Å²) in [6.07, 6.45) is 0.922. The Morgan fingerprint density at radius 3 is 1.40 bits per heavy atom. The van der Waals surface area contributed by atoms with E-state index in [0.717, 1.165) is 11.8 Å². The van der Waals surface area contributed by atoms with Crippen molar-refractivity contribution in [3.63, 3.8) is 0 Å². The normalized spacial score (nSPS) is 11.1. The first kappa shape index (κ1) is 20.1. The van der Waals surface area contributed by atoms with E-state index in [1.165, 1.54) is 28.4 Å². The van der Waals surface area contributed by atoms with Crippen molar-refractivity contribution < 1.29 is 4.79 Å². The molecule has 0 fully saturated rings. The minimum atomic E-state index is -1.91. The van der Waals surface area contributed by atoms with Gasteiger partial charge in [-0.25, -0.2) is 0 Å². The van der Waals surface area contributed by atoms with Crippen LogP contribution in [0.2, 0.25) is 0 Å². The first-order chi connectivity index (χ1) is 14.7. The van der Waals surface area contributed by atoms with Gasteiger partial charge >= 0.3 is 0 Å². The lowest BCUT2D eigenvalue weighted by molar-refractivity contribution is -0.114. The van der Waals surface area contributed by atoms with Gasteiger partial charge in [-0.05, 0) is 54.1 Å². The fraction of sp³-hybridized carbons (Fsp3) is 0.0741. The molecule has 4 aromatic carbocycles. The van der Waals surface area contributed by atoms with E-state index in [0.29, 0.717) is 0 Å². The number of carbonyl (C=O) groups is 1. The SMILES string of the molecule is CC(=O)Nc1ccc(C[P+](c2ccccc2)(c2ccccc2)c2ccccc2)cc1. The Kier molecular flexibility index (Phi) is 6.07. The zero-order valence-electron chi connectivity index (χ0n) is 17.0. The quantitative estimate of drug-likeness (QED) is 0.438. The lowest BCUT2D eigenvalue weighted by atomic mass is 10.2. The molecule has 0 aliphatic rings. The minimum Gasteiger partial charge on any atom is -0.326 e. The van der Waals surface area contributed by atoms with Crippen LogP contribution in [0.1, 0.15) is 12.5 Å². The van der Waals surface area contributed by atoms with Gasteiger partial charge < -0.3 is 5.32 Å². The van der Waals surface area contributed by atoms with Crippen molar-refractivity contribution in [3.05, 3.63) is 121 Å². The van der Waals surface area contributed by atoms with Crippen LogP contribution in [0.5, 0.6) is 0 Å². The molecule has 0 bridgehead atoms. The van der Waals surface area contributed by atoms with E-state index in [2.05, 4.69) is 108 Å². The second-order valence-electron chi connectivity index (χ2n) is 7.35. The molecule has 148 valence electrons. The van der Waals surface area contributed by atoms with Crippen molar-refractivity contribution in [2.24, 2.45) is 0 Å². The standard InChI is InChI=1S/C27H24NOP/c1-22(29)28-24-19-17-23(18-20-24)21-30(25-11-5-2-6-12-25,26-13-7-3-8-14-26)27-15-9-4-10-16-27/h2-20H,21H2,1H3/p+1. The molecule has 3 heteroatoms. The van der Waals surface area contributed by atoms with Crippen LogP contribution in [-0.2, 0) is 11.0 Å². The van der Waals surface area contributed by atoms with Crippen molar-refractivity contribution in [1.82, 2.24) is 0 Å². The Bertz CT molecular complexity index is 997. The van der Waals surface area contributed by atoms with E-state index in [1.54, 1.807) is 0 Å². The van der Waals surface area contributed by atoms with Crippen LogP contribution in [0, 0.1) is 0 Å². The van der Waals surface area contributed by atoms with E-state index < -0.39 is 7.26 Å². The second kappa shape index (κ2) is 9.07. The summed E-state index contributed by atoms with van der Waals surface area (Å²) in [6, 6.07) is 40.9. The van der Waals surface area contributed by atoms with Crippen LogP contribution >= 0.6 is 7.26 Å². The molecule has 0 heterocycles. The summed E-state index contributed by atoms with van der Waals surface area (Å²) in [6.45, 7) is 1.53. The van der Waals surface area contributed by atoms with Gasteiger partial charge in [-0.15, -0.1) is 0 Å². The van der Waals surface area contributed by atoms with E-state index in [1.807, 2.05) is 12.1 Å². The second-order valence-corrected chi connectivity index (χ2v) is 10.8. The van der Waals surface area contributed by atoms with Crippen molar-refractivity contribution >= 4 is 34.8 Å². The number of hydrogen-bond acceptors (Lipinski definition) is 1. The van der Waals surface area contributed by atoms with Crippen LogP contribution < -0.4 is 21.2 Å². The molecule has 0 spiro atoms. The van der Waals surface area contributed by atoms with Crippen LogP contribution in [0.25, 0.3) is 0 Å². The lowest BCUT2D eigenvalue weighted by Crippen LogP contribution is -2.32. The summed E-state index contributed by atoms with van der Waals surface area (Å²) in [4.78, 5) is 11.4. The number of rotatable bonds is 6. The predicted molar refractivity (Wildman–Crippen MR) is 130 cm³/mol. The molecule has 30 heavy (non-hydrogen) atoms. The average molecular weight is 410 g/mol. The topological polar surface area (TPSA) is 29.1 Å². The molecule has 1 N–H and O–H groups in total. The first-order valence-electron chi connectivity index (χ1n) is 10.1. The molecule has 0 radical (unpaired) electrons. The summed E-state index contributed by atoms with van der Waals surface area (Å²) >= 11 is 0. The van der Waals surface area contributed by atoms with Crippen molar-refractivity contribution in [3.8, 4) is 0 Å². The molecule has 0 unspecified atom stereocenters. The molecule has 0 saturated heterocycles. The summed E-state index contributed by atoms with van der Waals surface area (Å²) in [5.74, 6) is -0.0533. The van der Waals surface area contributed by atoms with E-state index in [4.69, 9.17) is 0 Å². The third-order valence-corrected chi connectivity index (χ3v) is 9.66. The highest BCUT2D eigenvalue weighted by molar-refractivity contribution is 7.95. The predicted octanol–water partition coefficient (Wildman–Crippen LogP) is 5.14. The van der Waals surface area contributed by atoms with E-state index in [9.17, 15) is 4.79 Å². The number of carbonyl (C=O) groups excluding carboxylic acids is 1. The fourth-order valence-electron chi connectivity index (χ4n) is 3.94. The third kappa shape index (κ3) is 4.20. The van der Waals surface area contributed by atoms with Gasteiger partial charge in [-0.1, -0.05) is 66.7 Å². The maximum Gasteiger partial charge on any atom is 0.221 e. The van der Waals surface area contributed by atoms with Gasteiger partial charge in [0.2, 0.25) is 5.91 Å². The molecular weight excluding hydrogens is 385 g/mol. The average Bonchev–Trinajstić information content (AvgIpc) is 2.80. The fourth-order valence-corrected chi connectivity index (χ4v) is 8.18. The third-order valence-electron chi connectivity index (χ3n) is 5.28.